The van der Waals surface area contributed by atoms with Gasteiger partial charge in [0.2, 0.25) is 0 Å². The summed E-state index contributed by atoms with van der Waals surface area (Å²) < 4.78 is 0. The molecular formula is C44H26. The van der Waals surface area contributed by atoms with E-state index in [4.69, 9.17) is 0 Å². The lowest BCUT2D eigenvalue weighted by Gasteiger charge is -2.09. The summed E-state index contributed by atoms with van der Waals surface area (Å²) in [4.78, 5) is 0. The predicted octanol–water partition coefficient (Wildman–Crippen LogP) is 12.6. The zero-order chi connectivity index (χ0) is 28.8. The normalized spacial score (nSPS) is 12.1. The molecule has 0 nitrogen and oxygen atoms in total. The van der Waals surface area contributed by atoms with Gasteiger partial charge in [0.05, 0.1) is 0 Å². The highest BCUT2D eigenvalue weighted by atomic mass is 14.2. The average molecular weight is 555 g/mol. The summed E-state index contributed by atoms with van der Waals surface area (Å²) in [6.45, 7) is 0. The van der Waals surface area contributed by atoms with Gasteiger partial charge in [-0.25, -0.2) is 0 Å². The van der Waals surface area contributed by atoms with Crippen molar-refractivity contribution in [1.82, 2.24) is 0 Å². The summed E-state index contributed by atoms with van der Waals surface area (Å²) in [5.41, 5.74) is 0. The summed E-state index contributed by atoms with van der Waals surface area (Å²) >= 11 is 0. The second-order valence-corrected chi connectivity index (χ2v) is 11.9. The molecule has 0 fully saturated rings. The zero-order valence-corrected chi connectivity index (χ0v) is 24.0. The molecule has 0 aromatic heterocycles. The third-order valence-electron chi connectivity index (χ3n) is 9.79. The zero-order valence-electron chi connectivity index (χ0n) is 24.0. The summed E-state index contributed by atoms with van der Waals surface area (Å²) in [5, 5.41) is 24.7. The molecule has 0 aliphatic carbocycles. The lowest BCUT2D eigenvalue weighted by molar-refractivity contribution is 1.77. The van der Waals surface area contributed by atoms with Crippen LogP contribution >= 0.6 is 0 Å². The fraction of sp³-hybridized carbons (Fsp3) is 0. The van der Waals surface area contributed by atoms with E-state index in [1.165, 1.54) is 97.0 Å². The maximum absolute atomic E-state index is 2.31. The molecule has 202 valence electrons. The highest BCUT2D eigenvalue weighted by Gasteiger charge is 2.20. The first-order valence-corrected chi connectivity index (χ1v) is 15.4. The van der Waals surface area contributed by atoms with E-state index in [0.717, 1.165) is 0 Å². The van der Waals surface area contributed by atoms with Crippen LogP contribution < -0.4 is 0 Å². The molecule has 0 aliphatic heterocycles. The van der Waals surface area contributed by atoms with Crippen LogP contribution in [0.5, 0.6) is 0 Å². The van der Waals surface area contributed by atoms with E-state index in [-0.39, 0.29) is 0 Å². The SMILES string of the molecule is c1ccc2c(c1)c1cccc3c4c5ccccc5c5cccc(c2c13)c54.c1ccc2c(c1)c1ccccc1c1ccccc21. The standard InChI is InChI=1S/C26H14.C18H12/c1-3-9-17-15(7-1)19-11-5-13-22-24-18-10-4-2-8-16(18)20-12-6-14-21(26(20)24)23(17)25(19)22;1-2-8-14-13(7-1)15-9-3-4-11-17(15)18-12-6-5-10-16(14)18/h1-14H;1-12H. The first-order chi connectivity index (χ1) is 21.9. The maximum atomic E-state index is 2.31. The van der Waals surface area contributed by atoms with E-state index in [1.54, 1.807) is 0 Å². The molecule has 0 unspecified atom stereocenters. The molecule has 0 amide bonds. The van der Waals surface area contributed by atoms with E-state index < -0.39 is 0 Å². The molecule has 11 aromatic carbocycles. The van der Waals surface area contributed by atoms with Crippen molar-refractivity contribution in [1.29, 1.82) is 0 Å². The third kappa shape index (κ3) is 3.07. The Labute approximate surface area is 254 Å². The van der Waals surface area contributed by atoms with Crippen LogP contribution in [0.2, 0.25) is 0 Å². The molecule has 0 saturated heterocycles. The first-order valence-electron chi connectivity index (χ1n) is 15.4. The molecule has 0 N–H and O–H groups in total. The molecule has 0 heteroatoms. The minimum absolute atomic E-state index is 1.34. The van der Waals surface area contributed by atoms with Crippen molar-refractivity contribution in [2.75, 3.05) is 0 Å². The first kappa shape index (κ1) is 23.8. The van der Waals surface area contributed by atoms with Crippen molar-refractivity contribution in [2.45, 2.75) is 0 Å². The van der Waals surface area contributed by atoms with Gasteiger partial charge < -0.3 is 0 Å². The number of rotatable bonds is 0. The smallest absolute Gasteiger partial charge is 0.00137 e. The van der Waals surface area contributed by atoms with E-state index in [9.17, 15) is 0 Å². The van der Waals surface area contributed by atoms with Crippen LogP contribution in [0, 0.1) is 0 Å². The summed E-state index contributed by atoms with van der Waals surface area (Å²) in [5.74, 6) is 0. The maximum Gasteiger partial charge on any atom is -0.00137 e. The Balaban J connectivity index is 0.000000125. The van der Waals surface area contributed by atoms with E-state index in [2.05, 4.69) is 158 Å². The third-order valence-corrected chi connectivity index (χ3v) is 9.79. The van der Waals surface area contributed by atoms with Gasteiger partial charge in [0.25, 0.3) is 0 Å². The number of fused-ring (bicyclic) bond motifs is 14. The molecule has 0 radical (unpaired) electrons. The molecule has 0 spiro atoms. The van der Waals surface area contributed by atoms with Crippen LogP contribution in [-0.4, -0.2) is 0 Å². The molecule has 11 rings (SSSR count). The van der Waals surface area contributed by atoms with Crippen molar-refractivity contribution < 1.29 is 0 Å². The highest BCUT2D eigenvalue weighted by molar-refractivity contribution is 6.47. The Kier molecular flexibility index (Phi) is 4.81. The molecule has 0 bridgehead atoms. The van der Waals surface area contributed by atoms with E-state index >= 15 is 0 Å². The van der Waals surface area contributed by atoms with Gasteiger partial charge in [0.1, 0.15) is 0 Å². The van der Waals surface area contributed by atoms with Gasteiger partial charge in [-0.05, 0) is 97.0 Å². The summed E-state index contributed by atoms with van der Waals surface area (Å²) in [7, 11) is 0. The van der Waals surface area contributed by atoms with Gasteiger partial charge in [-0.15, -0.1) is 0 Å². The van der Waals surface area contributed by atoms with Gasteiger partial charge in [-0.2, -0.15) is 0 Å². The second-order valence-electron chi connectivity index (χ2n) is 11.9. The van der Waals surface area contributed by atoms with Crippen molar-refractivity contribution in [3.8, 4) is 0 Å². The van der Waals surface area contributed by atoms with Crippen LogP contribution in [0.15, 0.2) is 158 Å². The molecule has 0 saturated carbocycles. The fourth-order valence-electron chi connectivity index (χ4n) is 8.07. The lowest BCUT2D eigenvalue weighted by Crippen LogP contribution is -1.81. The Morgan fingerprint density at radius 3 is 0.545 bits per heavy atom. The predicted molar refractivity (Wildman–Crippen MR) is 193 cm³/mol. The lowest BCUT2D eigenvalue weighted by atomic mass is 9.95. The largest absolute Gasteiger partial charge is 0.0616 e. The van der Waals surface area contributed by atoms with Crippen molar-refractivity contribution >= 4 is 97.0 Å². The summed E-state index contributed by atoms with van der Waals surface area (Å²) in [6.07, 6.45) is 0. The molecule has 44 heavy (non-hydrogen) atoms. The van der Waals surface area contributed by atoms with E-state index in [1.807, 2.05) is 0 Å². The van der Waals surface area contributed by atoms with E-state index in [0.29, 0.717) is 0 Å². The molecule has 0 atom stereocenters. The Hall–Kier alpha value is -5.72. The summed E-state index contributed by atoms with van der Waals surface area (Å²) in [6, 6.07) is 57.3. The topological polar surface area (TPSA) is 0 Å². The van der Waals surface area contributed by atoms with Crippen molar-refractivity contribution in [2.24, 2.45) is 0 Å². The number of benzene rings is 9. The van der Waals surface area contributed by atoms with Crippen molar-refractivity contribution in [3.63, 3.8) is 0 Å². The average Bonchev–Trinajstić information content (AvgIpc) is 3.63. The van der Waals surface area contributed by atoms with Gasteiger partial charge in [0.15, 0.2) is 0 Å². The van der Waals surface area contributed by atoms with Crippen LogP contribution in [-0.2, 0) is 0 Å². The number of hydrogen-bond acceptors (Lipinski definition) is 0. The van der Waals surface area contributed by atoms with Crippen LogP contribution in [0.3, 0.4) is 0 Å². The molecular weight excluding hydrogens is 528 g/mol. The van der Waals surface area contributed by atoms with Gasteiger partial charge in [-0.3, -0.25) is 0 Å². The molecule has 0 aliphatic rings. The Bertz CT molecular complexity index is 2530. The molecule has 11 aromatic rings. The fourth-order valence-corrected chi connectivity index (χ4v) is 8.07. The van der Waals surface area contributed by atoms with Crippen LogP contribution in [0.4, 0.5) is 0 Å². The Morgan fingerprint density at radius 2 is 0.295 bits per heavy atom. The quantitative estimate of drug-likeness (QED) is 0.129. The van der Waals surface area contributed by atoms with Gasteiger partial charge >= 0.3 is 0 Å². The molecule has 0 heterocycles. The minimum Gasteiger partial charge on any atom is -0.0616 e. The Morgan fingerprint density at radius 1 is 0.136 bits per heavy atom. The van der Waals surface area contributed by atoms with Gasteiger partial charge in [-0.1, -0.05) is 158 Å². The van der Waals surface area contributed by atoms with Gasteiger partial charge in [0, 0.05) is 0 Å². The monoisotopic (exact) mass is 554 g/mol. The van der Waals surface area contributed by atoms with Crippen LogP contribution in [0.25, 0.3) is 97.0 Å². The van der Waals surface area contributed by atoms with Crippen molar-refractivity contribution in [3.05, 3.63) is 158 Å². The highest BCUT2D eigenvalue weighted by Crippen LogP contribution is 2.49. The second kappa shape index (κ2) is 8.89. The van der Waals surface area contributed by atoms with Crippen LogP contribution in [0.1, 0.15) is 0 Å². The minimum atomic E-state index is 1.34. The number of hydrogen-bond donors (Lipinski definition) is 0.